The topological polar surface area (TPSA) is 47.6 Å². The van der Waals surface area contributed by atoms with E-state index in [0.717, 1.165) is 17.1 Å². The molecular formula is C18H16N2S. The molecule has 0 heterocycles. The van der Waals surface area contributed by atoms with E-state index in [0.29, 0.717) is 4.86 Å². The van der Waals surface area contributed by atoms with Gasteiger partial charge in [-0.25, -0.2) is 0 Å². The van der Waals surface area contributed by atoms with Crippen LogP contribution in [0.4, 0.5) is 0 Å². The van der Waals surface area contributed by atoms with Crippen molar-refractivity contribution in [2.75, 3.05) is 5.75 Å². The van der Waals surface area contributed by atoms with Crippen molar-refractivity contribution in [3.8, 4) is 12.1 Å². The molecule has 2 nitrogen and oxygen atoms in total. The van der Waals surface area contributed by atoms with Gasteiger partial charge in [0.05, 0.1) is 0 Å². The molecule has 21 heavy (non-hydrogen) atoms. The second-order valence-corrected chi connectivity index (χ2v) is 6.77. The maximum absolute atomic E-state index is 9.19. The molecule has 0 N–H and O–H groups in total. The van der Waals surface area contributed by atoms with Crippen LogP contribution in [-0.4, -0.2) is 10.6 Å². The van der Waals surface area contributed by atoms with Crippen molar-refractivity contribution < 1.29 is 0 Å². The van der Waals surface area contributed by atoms with E-state index in [1.54, 1.807) is 0 Å². The molecule has 0 fully saturated rings. The normalized spacial score (nSPS) is 11.2. The van der Waals surface area contributed by atoms with Crippen molar-refractivity contribution in [1.29, 1.82) is 10.5 Å². The van der Waals surface area contributed by atoms with E-state index >= 15 is 0 Å². The molecule has 2 rings (SSSR count). The number of hydrogen-bond acceptors (Lipinski definition) is 2. The highest BCUT2D eigenvalue weighted by Crippen LogP contribution is 2.29. The molecule has 2 aromatic rings. The summed E-state index contributed by atoms with van der Waals surface area (Å²) in [4.78, 5) is 1.37. The Labute approximate surface area is 128 Å². The Kier molecular flexibility index (Phi) is 5.32. The van der Waals surface area contributed by atoms with Gasteiger partial charge in [-0.15, -0.1) is 10.5 Å². The fourth-order valence-electron chi connectivity index (χ4n) is 2.03. The average Bonchev–Trinajstić information content (AvgIpc) is 2.54. The lowest BCUT2D eigenvalue weighted by Gasteiger charge is -2.10. The molecule has 0 amide bonds. The van der Waals surface area contributed by atoms with Gasteiger partial charge in [0.2, 0.25) is 0 Å². The molecule has 2 aromatic carbocycles. The lowest BCUT2D eigenvalue weighted by Crippen LogP contribution is -1.98. The van der Waals surface area contributed by atoms with Gasteiger partial charge in [0, 0.05) is 4.90 Å². The van der Waals surface area contributed by atoms with Gasteiger partial charge < -0.3 is 0 Å². The summed E-state index contributed by atoms with van der Waals surface area (Å²) in [5.41, 5.74) is 2.48. The Morgan fingerprint density at radius 2 is 1.57 bits per heavy atom. The van der Waals surface area contributed by atoms with E-state index < -0.39 is 10.5 Å². The summed E-state index contributed by atoms with van der Waals surface area (Å²) < 4.78 is 0. The van der Waals surface area contributed by atoms with Crippen LogP contribution in [0.2, 0.25) is 0 Å². The summed E-state index contributed by atoms with van der Waals surface area (Å²) in [5, 5.41) is 18.4. The van der Waals surface area contributed by atoms with Gasteiger partial charge >= 0.3 is 0 Å². The third kappa shape index (κ3) is 4.05. The van der Waals surface area contributed by atoms with Crippen molar-refractivity contribution in [2.24, 2.45) is 0 Å². The number of nitrogens with zero attached hydrogens (tertiary/aromatic N) is 2. The highest BCUT2D eigenvalue weighted by Gasteiger charge is 2.08. The predicted octanol–water partition coefficient (Wildman–Crippen LogP) is 4.09. The quantitative estimate of drug-likeness (QED) is 0.797. The zero-order valence-corrected chi connectivity index (χ0v) is 12.7. The van der Waals surface area contributed by atoms with E-state index in [-0.39, 0.29) is 0 Å². The van der Waals surface area contributed by atoms with E-state index in [2.05, 4.69) is 43.3 Å². The molecule has 0 aliphatic heterocycles. The molecule has 0 aromatic heterocycles. The molecular weight excluding hydrogens is 276 g/mol. The average molecular weight is 292 g/mol. The van der Waals surface area contributed by atoms with Gasteiger partial charge in [0.1, 0.15) is 12.1 Å². The lowest BCUT2D eigenvalue weighted by molar-refractivity contribution is 1.15. The van der Waals surface area contributed by atoms with Crippen molar-refractivity contribution in [1.82, 2.24) is 0 Å². The highest BCUT2D eigenvalue weighted by atomic mass is 32.2. The fraction of sp³-hybridized carbons (Fsp3) is 0.167. The van der Waals surface area contributed by atoms with E-state index in [4.69, 9.17) is 0 Å². The second kappa shape index (κ2) is 7.43. The van der Waals surface area contributed by atoms with Crippen LogP contribution in [-0.2, 0) is 6.42 Å². The lowest BCUT2D eigenvalue weighted by atomic mass is 10.1. The largest absolute Gasteiger partial charge is 0.191 e. The van der Waals surface area contributed by atoms with E-state index in [1.807, 2.05) is 30.3 Å². The molecule has 0 spiro atoms. The van der Waals surface area contributed by atoms with Crippen LogP contribution in [0.5, 0.6) is 0 Å². The van der Waals surface area contributed by atoms with Gasteiger partial charge in [0.25, 0.3) is 0 Å². The Morgan fingerprint density at radius 1 is 0.952 bits per heavy atom. The molecule has 0 radical (unpaired) electrons. The maximum atomic E-state index is 9.19. The Morgan fingerprint density at radius 3 is 2.14 bits per heavy atom. The third-order valence-corrected chi connectivity index (χ3v) is 5.32. The zero-order valence-electron chi connectivity index (χ0n) is 11.9. The highest BCUT2D eigenvalue weighted by molar-refractivity contribution is 8.16. The van der Waals surface area contributed by atoms with Crippen LogP contribution in [0.15, 0.2) is 59.5 Å². The smallest absolute Gasteiger partial charge is 0.157 e. The van der Waals surface area contributed by atoms with Crippen LogP contribution in [0, 0.1) is 29.6 Å². The number of aryl methyl sites for hydroxylation is 2. The van der Waals surface area contributed by atoms with Crippen molar-refractivity contribution in [3.05, 3.63) is 65.7 Å². The Bertz CT molecular complexity index is 701. The monoisotopic (exact) mass is 292 g/mol. The first-order valence-corrected chi connectivity index (χ1v) is 8.12. The van der Waals surface area contributed by atoms with Crippen molar-refractivity contribution in [3.63, 3.8) is 0 Å². The van der Waals surface area contributed by atoms with Gasteiger partial charge in [-0.1, -0.05) is 48.0 Å². The summed E-state index contributed by atoms with van der Waals surface area (Å²) in [7, 11) is -0.437. The van der Waals surface area contributed by atoms with Gasteiger partial charge in [-0.3, -0.25) is 0 Å². The molecule has 1 atom stereocenters. The minimum Gasteiger partial charge on any atom is -0.191 e. The number of hydrogen-bond donors (Lipinski definition) is 0. The zero-order chi connectivity index (χ0) is 15.1. The summed E-state index contributed by atoms with van der Waals surface area (Å²) in [6, 6.07) is 22.4. The minimum absolute atomic E-state index is 0.313. The Balaban J connectivity index is 2.27. The van der Waals surface area contributed by atoms with Crippen LogP contribution in [0.1, 0.15) is 11.1 Å². The first-order valence-electron chi connectivity index (χ1n) is 6.73. The number of benzene rings is 2. The molecule has 0 saturated carbocycles. The van der Waals surface area contributed by atoms with Crippen molar-refractivity contribution >= 4 is 15.3 Å². The molecule has 0 saturated heterocycles. The summed E-state index contributed by atoms with van der Waals surface area (Å²) in [5.74, 6) is 0.795. The number of rotatable bonds is 4. The predicted molar refractivity (Wildman–Crippen MR) is 88.3 cm³/mol. The van der Waals surface area contributed by atoms with E-state index in [9.17, 15) is 10.5 Å². The van der Waals surface area contributed by atoms with Crippen LogP contribution in [0.25, 0.3) is 0 Å². The summed E-state index contributed by atoms with van der Waals surface area (Å²) in [6.45, 7) is 2.07. The maximum Gasteiger partial charge on any atom is 0.157 e. The van der Waals surface area contributed by atoms with Crippen LogP contribution < -0.4 is 0 Å². The fourth-order valence-corrected chi connectivity index (χ4v) is 3.85. The van der Waals surface area contributed by atoms with Crippen LogP contribution in [0.3, 0.4) is 0 Å². The molecule has 0 aliphatic rings. The third-order valence-electron chi connectivity index (χ3n) is 3.19. The van der Waals surface area contributed by atoms with E-state index in [1.165, 1.54) is 11.1 Å². The SMILES string of the molecule is Cc1ccc(CCS(=C(C#N)C#N)c2ccccc2)cc1. The summed E-state index contributed by atoms with van der Waals surface area (Å²) >= 11 is 0. The van der Waals surface area contributed by atoms with Gasteiger partial charge in [-0.05, 0) is 36.8 Å². The van der Waals surface area contributed by atoms with Gasteiger partial charge in [0.15, 0.2) is 4.86 Å². The molecule has 0 bridgehead atoms. The molecule has 104 valence electrons. The standard InChI is InChI=1S/C18H16N2S/c1-15-7-9-16(10-8-15)11-12-21(18(13-19)14-20)17-5-3-2-4-6-17/h2-10H,11-12H2,1H3. The van der Waals surface area contributed by atoms with Crippen molar-refractivity contribution in [2.45, 2.75) is 18.2 Å². The summed E-state index contributed by atoms with van der Waals surface area (Å²) in [6.07, 6.45) is 0.866. The van der Waals surface area contributed by atoms with Gasteiger partial charge in [-0.2, -0.15) is 10.5 Å². The first-order chi connectivity index (χ1) is 10.2. The minimum atomic E-state index is -0.437. The molecule has 3 heteroatoms. The number of nitriles is 2. The molecule has 1 unspecified atom stereocenters. The second-order valence-electron chi connectivity index (χ2n) is 4.70. The molecule has 0 aliphatic carbocycles. The Hall–Kier alpha value is -2.36. The van der Waals surface area contributed by atoms with Crippen LogP contribution >= 0.6 is 10.5 Å². The first kappa shape index (κ1) is 15.0.